The molecule has 0 amide bonds. The average molecular weight is 296 g/mol. The van der Waals surface area contributed by atoms with Gasteiger partial charge in [0, 0.05) is 12.6 Å². The number of ether oxygens (including phenoxy) is 1. The first-order valence-corrected chi connectivity index (χ1v) is 8.49. The lowest BCUT2D eigenvalue weighted by Crippen LogP contribution is -2.38. The van der Waals surface area contributed by atoms with E-state index in [9.17, 15) is 4.79 Å². The Labute approximate surface area is 129 Å². The molecule has 2 rings (SSSR count). The molecule has 2 fully saturated rings. The summed E-state index contributed by atoms with van der Waals surface area (Å²) in [5, 5.41) is 0. The highest BCUT2D eigenvalue weighted by atomic mass is 16.5. The highest BCUT2D eigenvalue weighted by Crippen LogP contribution is 2.35. The van der Waals surface area contributed by atoms with Crippen molar-refractivity contribution in [2.75, 3.05) is 40.3 Å². The second kappa shape index (κ2) is 7.59. The number of esters is 1. The zero-order valence-corrected chi connectivity index (χ0v) is 14.2. The second-order valence-electron chi connectivity index (χ2n) is 7.34. The number of piperidine rings is 1. The molecule has 0 aromatic heterocycles. The fourth-order valence-electron chi connectivity index (χ4n) is 3.89. The van der Waals surface area contributed by atoms with E-state index in [0.29, 0.717) is 12.6 Å². The third-order valence-electron chi connectivity index (χ3n) is 5.62. The smallest absolute Gasteiger partial charge is 0.319 e. The number of nitrogens with zero attached hydrogens (tertiary/aromatic N) is 2. The standard InChI is InChI=1S/C17H32N2O2/c1-13-5-7-19(8-6-13)11-15-10-16(9-14(15)2)18(3)12-17(20)21-4/h13-16H,5-12H2,1-4H3/t14-,15+,16?/m0/s1. The fourth-order valence-corrected chi connectivity index (χ4v) is 3.89. The molecule has 0 bridgehead atoms. The zero-order valence-electron chi connectivity index (χ0n) is 14.2. The number of rotatable bonds is 5. The Kier molecular flexibility index (Phi) is 6.06. The SMILES string of the molecule is COC(=O)CN(C)C1C[C@H](CN2CCC(C)CC2)[C@@H](C)C1. The number of carbonyl (C=O) groups is 1. The Morgan fingerprint density at radius 2 is 1.90 bits per heavy atom. The molecule has 0 N–H and O–H groups in total. The van der Waals surface area contributed by atoms with Crippen molar-refractivity contribution in [1.29, 1.82) is 0 Å². The van der Waals surface area contributed by atoms with Crippen molar-refractivity contribution in [3.05, 3.63) is 0 Å². The molecule has 1 aliphatic heterocycles. The average Bonchev–Trinajstić information content (AvgIpc) is 2.82. The van der Waals surface area contributed by atoms with Gasteiger partial charge in [-0.25, -0.2) is 0 Å². The highest BCUT2D eigenvalue weighted by Gasteiger charge is 2.35. The van der Waals surface area contributed by atoms with Crippen LogP contribution in [0.4, 0.5) is 0 Å². The normalized spacial score (nSPS) is 31.8. The minimum absolute atomic E-state index is 0.126. The maximum absolute atomic E-state index is 11.4. The molecule has 1 heterocycles. The molecule has 0 aromatic rings. The lowest BCUT2D eigenvalue weighted by molar-refractivity contribution is -0.142. The summed E-state index contributed by atoms with van der Waals surface area (Å²) >= 11 is 0. The topological polar surface area (TPSA) is 32.8 Å². The Balaban J connectivity index is 1.79. The number of carbonyl (C=O) groups excluding carboxylic acids is 1. The predicted octanol–water partition coefficient (Wildman–Crippen LogP) is 2.24. The predicted molar refractivity (Wildman–Crippen MR) is 85.2 cm³/mol. The number of hydrogen-bond donors (Lipinski definition) is 0. The summed E-state index contributed by atoms with van der Waals surface area (Å²) in [6.07, 6.45) is 5.14. The quantitative estimate of drug-likeness (QED) is 0.729. The number of likely N-dealkylation sites (N-methyl/N-ethyl adjacent to an activating group) is 1. The summed E-state index contributed by atoms with van der Waals surface area (Å²) in [6, 6.07) is 0.535. The molecule has 1 unspecified atom stereocenters. The maximum atomic E-state index is 11.4. The monoisotopic (exact) mass is 296 g/mol. The molecule has 1 aliphatic carbocycles. The van der Waals surface area contributed by atoms with Crippen LogP contribution in [0.15, 0.2) is 0 Å². The van der Waals surface area contributed by atoms with Gasteiger partial charge in [0.2, 0.25) is 0 Å². The van der Waals surface area contributed by atoms with Crippen molar-refractivity contribution in [3.8, 4) is 0 Å². The number of methoxy groups -OCH3 is 1. The van der Waals surface area contributed by atoms with Crippen molar-refractivity contribution in [2.45, 2.75) is 45.6 Å². The molecule has 3 atom stereocenters. The van der Waals surface area contributed by atoms with Crippen LogP contribution in [0.25, 0.3) is 0 Å². The lowest BCUT2D eigenvalue weighted by Gasteiger charge is -2.33. The van der Waals surface area contributed by atoms with Crippen LogP contribution in [0.5, 0.6) is 0 Å². The number of hydrogen-bond acceptors (Lipinski definition) is 4. The second-order valence-corrected chi connectivity index (χ2v) is 7.34. The van der Waals surface area contributed by atoms with E-state index in [-0.39, 0.29) is 5.97 Å². The van der Waals surface area contributed by atoms with Gasteiger partial charge in [-0.05, 0) is 63.6 Å². The molecule has 1 saturated heterocycles. The minimum Gasteiger partial charge on any atom is -0.468 e. The van der Waals surface area contributed by atoms with Gasteiger partial charge < -0.3 is 9.64 Å². The summed E-state index contributed by atoms with van der Waals surface area (Å²) in [7, 11) is 3.52. The van der Waals surface area contributed by atoms with Crippen molar-refractivity contribution < 1.29 is 9.53 Å². The van der Waals surface area contributed by atoms with E-state index in [1.807, 2.05) is 0 Å². The fraction of sp³-hybridized carbons (Fsp3) is 0.941. The third kappa shape index (κ3) is 4.68. The van der Waals surface area contributed by atoms with Crippen molar-refractivity contribution in [3.63, 3.8) is 0 Å². The van der Waals surface area contributed by atoms with Crippen molar-refractivity contribution in [1.82, 2.24) is 9.80 Å². The summed E-state index contributed by atoms with van der Waals surface area (Å²) in [5.41, 5.74) is 0. The van der Waals surface area contributed by atoms with E-state index in [0.717, 1.165) is 17.8 Å². The van der Waals surface area contributed by atoms with E-state index in [4.69, 9.17) is 4.74 Å². The van der Waals surface area contributed by atoms with Crippen LogP contribution in [0.3, 0.4) is 0 Å². The van der Waals surface area contributed by atoms with Crippen molar-refractivity contribution >= 4 is 5.97 Å². The Morgan fingerprint density at radius 1 is 1.24 bits per heavy atom. The maximum Gasteiger partial charge on any atom is 0.319 e. The van der Waals surface area contributed by atoms with Gasteiger partial charge in [-0.1, -0.05) is 13.8 Å². The van der Waals surface area contributed by atoms with Crippen molar-refractivity contribution in [2.24, 2.45) is 17.8 Å². The molecule has 2 aliphatic rings. The summed E-state index contributed by atoms with van der Waals surface area (Å²) in [4.78, 5) is 16.3. The summed E-state index contributed by atoms with van der Waals surface area (Å²) in [6.45, 7) is 8.95. The molecule has 1 saturated carbocycles. The molecule has 4 heteroatoms. The van der Waals surface area contributed by atoms with E-state index in [1.54, 1.807) is 0 Å². The van der Waals surface area contributed by atoms with Gasteiger partial charge in [-0.15, -0.1) is 0 Å². The summed E-state index contributed by atoms with van der Waals surface area (Å²) in [5.74, 6) is 2.32. The molecular formula is C17H32N2O2. The highest BCUT2D eigenvalue weighted by molar-refractivity contribution is 5.71. The molecule has 122 valence electrons. The molecule has 4 nitrogen and oxygen atoms in total. The van der Waals surface area contributed by atoms with Crippen LogP contribution in [-0.2, 0) is 9.53 Å². The Hall–Kier alpha value is -0.610. The van der Waals surface area contributed by atoms with E-state index in [1.165, 1.54) is 52.4 Å². The third-order valence-corrected chi connectivity index (χ3v) is 5.62. The van der Waals surface area contributed by atoms with Gasteiger partial charge >= 0.3 is 5.97 Å². The first-order valence-electron chi connectivity index (χ1n) is 8.49. The largest absolute Gasteiger partial charge is 0.468 e. The van der Waals surface area contributed by atoms with Gasteiger partial charge in [-0.2, -0.15) is 0 Å². The van der Waals surface area contributed by atoms with E-state index >= 15 is 0 Å². The van der Waals surface area contributed by atoms with E-state index < -0.39 is 0 Å². The van der Waals surface area contributed by atoms with Crippen LogP contribution < -0.4 is 0 Å². The van der Waals surface area contributed by atoms with Gasteiger partial charge in [0.1, 0.15) is 0 Å². The molecular weight excluding hydrogens is 264 g/mol. The molecule has 0 radical (unpaired) electrons. The minimum atomic E-state index is -0.126. The van der Waals surface area contributed by atoms with Gasteiger partial charge in [0.05, 0.1) is 13.7 Å². The molecule has 0 aromatic carbocycles. The van der Waals surface area contributed by atoms with Crippen LogP contribution in [0, 0.1) is 17.8 Å². The molecule has 21 heavy (non-hydrogen) atoms. The first kappa shape index (κ1) is 16.8. The van der Waals surface area contributed by atoms with Gasteiger partial charge in [0.25, 0.3) is 0 Å². The van der Waals surface area contributed by atoms with E-state index in [2.05, 4.69) is 30.7 Å². The Morgan fingerprint density at radius 3 is 2.52 bits per heavy atom. The first-order chi connectivity index (χ1) is 9.99. The van der Waals surface area contributed by atoms with Crippen LogP contribution >= 0.6 is 0 Å². The Bertz CT molecular complexity index is 340. The number of likely N-dealkylation sites (tertiary alicyclic amines) is 1. The van der Waals surface area contributed by atoms with Crippen LogP contribution in [0.1, 0.15) is 39.5 Å². The molecule has 0 spiro atoms. The van der Waals surface area contributed by atoms with Crippen LogP contribution in [0.2, 0.25) is 0 Å². The zero-order chi connectivity index (χ0) is 15.4. The van der Waals surface area contributed by atoms with Gasteiger partial charge in [-0.3, -0.25) is 9.69 Å². The van der Waals surface area contributed by atoms with Crippen LogP contribution in [-0.4, -0.2) is 62.1 Å². The summed E-state index contributed by atoms with van der Waals surface area (Å²) < 4.78 is 4.78. The lowest BCUT2D eigenvalue weighted by atomic mass is 9.94. The van der Waals surface area contributed by atoms with Gasteiger partial charge in [0.15, 0.2) is 0 Å².